The first-order valence-electron chi connectivity index (χ1n) is 9.75. The normalized spacial score (nSPS) is 10.7. The zero-order valence-electron chi connectivity index (χ0n) is 16.6. The van der Waals surface area contributed by atoms with E-state index in [1.807, 2.05) is 36.4 Å². The quantitative estimate of drug-likeness (QED) is 0.376. The van der Waals surface area contributed by atoms with E-state index in [4.69, 9.17) is 11.6 Å². The molecule has 31 heavy (non-hydrogen) atoms. The first kappa shape index (κ1) is 21.1. The van der Waals surface area contributed by atoms with Gasteiger partial charge in [-0.3, -0.25) is 14.3 Å². The maximum Gasteiger partial charge on any atom is 0.225 e. The number of nitrogens with one attached hydrogen (secondary N) is 1. The number of carbonyl (C=O) groups is 1. The minimum Gasteiger partial charge on any atom is -0.326 e. The Morgan fingerprint density at radius 2 is 1.90 bits per heavy atom. The molecule has 0 radical (unpaired) electrons. The second-order valence-electron chi connectivity index (χ2n) is 6.78. The highest BCUT2D eigenvalue weighted by Crippen LogP contribution is 2.25. The minimum atomic E-state index is -0.0728. The third kappa shape index (κ3) is 5.71. The molecular weight excluding hydrogens is 430 g/mol. The fourth-order valence-electron chi connectivity index (χ4n) is 3.04. The third-order valence-corrected chi connectivity index (χ3v) is 5.69. The van der Waals surface area contributed by atoms with Crippen molar-refractivity contribution < 1.29 is 4.79 Å². The van der Waals surface area contributed by atoms with Gasteiger partial charge in [0, 0.05) is 40.8 Å². The predicted molar refractivity (Wildman–Crippen MR) is 124 cm³/mol. The van der Waals surface area contributed by atoms with Gasteiger partial charge < -0.3 is 5.32 Å². The molecule has 156 valence electrons. The van der Waals surface area contributed by atoms with Crippen molar-refractivity contribution in [3.8, 4) is 11.4 Å². The van der Waals surface area contributed by atoms with Crippen LogP contribution in [0.3, 0.4) is 0 Å². The van der Waals surface area contributed by atoms with E-state index in [9.17, 15) is 4.79 Å². The fourth-order valence-corrected chi connectivity index (χ4v) is 4.10. The van der Waals surface area contributed by atoms with Gasteiger partial charge >= 0.3 is 0 Å². The topological polar surface area (TPSA) is 72.7 Å². The molecule has 0 bridgehead atoms. The number of aromatic nitrogens is 4. The Labute approximate surface area is 189 Å². The molecule has 2 heterocycles. The van der Waals surface area contributed by atoms with Gasteiger partial charge in [0.05, 0.1) is 6.54 Å². The molecule has 0 saturated heterocycles. The molecule has 0 aliphatic carbocycles. The number of hydrogen-bond donors (Lipinski definition) is 1. The highest BCUT2D eigenvalue weighted by Gasteiger charge is 2.15. The summed E-state index contributed by atoms with van der Waals surface area (Å²) < 4.78 is 2.06. The van der Waals surface area contributed by atoms with Crippen LogP contribution in [-0.2, 0) is 11.3 Å². The lowest BCUT2D eigenvalue weighted by molar-refractivity contribution is -0.115. The number of pyridine rings is 1. The van der Waals surface area contributed by atoms with Crippen LogP contribution in [0.15, 0.2) is 84.3 Å². The molecule has 4 rings (SSSR count). The number of halogens is 1. The van der Waals surface area contributed by atoms with Gasteiger partial charge in [0.2, 0.25) is 5.91 Å². The lowest BCUT2D eigenvalue weighted by Crippen LogP contribution is -2.12. The number of anilines is 1. The summed E-state index contributed by atoms with van der Waals surface area (Å²) in [6.45, 7) is 0.634. The second-order valence-corrected chi connectivity index (χ2v) is 8.28. The Kier molecular flexibility index (Phi) is 6.96. The van der Waals surface area contributed by atoms with Crippen LogP contribution in [0.4, 0.5) is 5.69 Å². The van der Waals surface area contributed by atoms with E-state index in [-0.39, 0.29) is 5.91 Å². The number of hydrogen-bond acceptors (Lipinski definition) is 5. The van der Waals surface area contributed by atoms with Gasteiger partial charge in [0.1, 0.15) is 0 Å². The molecule has 8 heteroatoms. The molecule has 6 nitrogen and oxygen atoms in total. The molecule has 2 aromatic carbocycles. The van der Waals surface area contributed by atoms with Crippen molar-refractivity contribution >= 4 is 35.0 Å². The molecule has 0 unspecified atom stereocenters. The number of thioether (sulfide) groups is 1. The summed E-state index contributed by atoms with van der Waals surface area (Å²) in [5.41, 5.74) is 2.73. The third-order valence-electron chi connectivity index (χ3n) is 4.49. The minimum absolute atomic E-state index is 0.0728. The first-order valence-corrected chi connectivity index (χ1v) is 11.1. The van der Waals surface area contributed by atoms with Crippen molar-refractivity contribution in [2.45, 2.75) is 18.1 Å². The van der Waals surface area contributed by atoms with Crippen LogP contribution in [-0.4, -0.2) is 31.4 Å². The van der Waals surface area contributed by atoms with E-state index in [0.717, 1.165) is 22.1 Å². The molecular formula is C23H20ClN5OS. The van der Waals surface area contributed by atoms with Gasteiger partial charge in [-0.05, 0) is 35.9 Å². The Bertz CT molecular complexity index is 1150. The average molecular weight is 450 g/mol. The van der Waals surface area contributed by atoms with Crippen molar-refractivity contribution in [2.24, 2.45) is 0 Å². The molecule has 4 aromatic rings. The Balaban J connectivity index is 1.46. The van der Waals surface area contributed by atoms with Crippen LogP contribution >= 0.6 is 23.4 Å². The lowest BCUT2D eigenvalue weighted by atomic mass is 10.2. The van der Waals surface area contributed by atoms with Gasteiger partial charge in [-0.15, -0.1) is 10.2 Å². The highest BCUT2D eigenvalue weighted by molar-refractivity contribution is 7.99. The first-order chi connectivity index (χ1) is 15.2. The van der Waals surface area contributed by atoms with Crippen molar-refractivity contribution in [3.05, 3.63) is 89.7 Å². The number of amides is 1. The van der Waals surface area contributed by atoms with Crippen LogP contribution in [0.1, 0.15) is 12.0 Å². The molecule has 0 aliphatic rings. The number of carbonyl (C=O) groups excluding carboxylic acids is 1. The Hall–Kier alpha value is -3.16. The Morgan fingerprint density at radius 1 is 1.03 bits per heavy atom. The largest absolute Gasteiger partial charge is 0.326 e. The van der Waals surface area contributed by atoms with Crippen LogP contribution in [0, 0.1) is 0 Å². The number of nitrogens with zero attached hydrogens (tertiary/aromatic N) is 4. The van der Waals surface area contributed by atoms with E-state index in [2.05, 4.69) is 37.2 Å². The van der Waals surface area contributed by atoms with E-state index in [1.54, 1.807) is 30.6 Å². The Morgan fingerprint density at radius 3 is 2.68 bits per heavy atom. The standard InChI is InChI=1S/C23H20ClN5OS/c24-19-9-4-10-20(14-19)26-21(30)11-13-31-23-28-27-22(18-8-5-12-25-15-18)29(23)16-17-6-2-1-3-7-17/h1-10,12,14-15H,11,13,16H2,(H,26,30). The van der Waals surface area contributed by atoms with Crippen molar-refractivity contribution in [2.75, 3.05) is 11.1 Å². The summed E-state index contributed by atoms with van der Waals surface area (Å²) in [5.74, 6) is 1.26. The van der Waals surface area contributed by atoms with Crippen molar-refractivity contribution in [1.82, 2.24) is 19.7 Å². The van der Waals surface area contributed by atoms with Crippen LogP contribution in [0.2, 0.25) is 5.02 Å². The van der Waals surface area contributed by atoms with E-state index < -0.39 is 0 Å². The molecule has 0 aliphatic heterocycles. The van der Waals surface area contributed by atoms with Gasteiger partial charge in [-0.2, -0.15) is 0 Å². The van der Waals surface area contributed by atoms with E-state index in [0.29, 0.717) is 29.4 Å². The predicted octanol–water partition coefficient (Wildman–Crippen LogP) is 5.16. The van der Waals surface area contributed by atoms with Crippen molar-refractivity contribution in [1.29, 1.82) is 0 Å². The summed E-state index contributed by atoms with van der Waals surface area (Å²) in [6, 6.07) is 21.1. The number of benzene rings is 2. The molecule has 1 N–H and O–H groups in total. The summed E-state index contributed by atoms with van der Waals surface area (Å²) in [7, 11) is 0. The van der Waals surface area contributed by atoms with Crippen LogP contribution in [0.25, 0.3) is 11.4 Å². The highest BCUT2D eigenvalue weighted by atomic mass is 35.5. The zero-order valence-corrected chi connectivity index (χ0v) is 18.2. The lowest BCUT2D eigenvalue weighted by Gasteiger charge is -2.10. The zero-order chi connectivity index (χ0) is 21.5. The molecule has 0 atom stereocenters. The number of rotatable bonds is 8. The SMILES string of the molecule is O=C(CCSc1nnc(-c2cccnc2)n1Cc1ccccc1)Nc1cccc(Cl)c1. The fraction of sp³-hybridized carbons (Fsp3) is 0.130. The van der Waals surface area contributed by atoms with Gasteiger partial charge in [0.15, 0.2) is 11.0 Å². The summed E-state index contributed by atoms with van der Waals surface area (Å²) in [4.78, 5) is 16.5. The molecule has 1 amide bonds. The smallest absolute Gasteiger partial charge is 0.225 e. The monoisotopic (exact) mass is 449 g/mol. The second kappa shape index (κ2) is 10.2. The van der Waals surface area contributed by atoms with Crippen LogP contribution < -0.4 is 5.32 Å². The van der Waals surface area contributed by atoms with Gasteiger partial charge in [-0.1, -0.05) is 59.8 Å². The molecule has 0 spiro atoms. The maximum atomic E-state index is 12.3. The average Bonchev–Trinajstić information content (AvgIpc) is 3.17. The van der Waals surface area contributed by atoms with E-state index >= 15 is 0 Å². The van der Waals surface area contributed by atoms with Crippen LogP contribution in [0.5, 0.6) is 0 Å². The molecule has 2 aromatic heterocycles. The van der Waals surface area contributed by atoms with E-state index in [1.165, 1.54) is 11.8 Å². The summed E-state index contributed by atoms with van der Waals surface area (Å²) in [5, 5.41) is 13.0. The maximum absolute atomic E-state index is 12.3. The molecule has 0 saturated carbocycles. The summed E-state index contributed by atoms with van der Waals surface area (Å²) >= 11 is 7.48. The molecule has 0 fully saturated rings. The van der Waals surface area contributed by atoms with Gasteiger partial charge in [-0.25, -0.2) is 0 Å². The summed E-state index contributed by atoms with van der Waals surface area (Å²) in [6.07, 6.45) is 3.85. The van der Waals surface area contributed by atoms with Crippen molar-refractivity contribution in [3.63, 3.8) is 0 Å². The van der Waals surface area contributed by atoms with Gasteiger partial charge in [0.25, 0.3) is 0 Å².